The van der Waals surface area contributed by atoms with Gasteiger partial charge in [0.05, 0.1) is 5.69 Å². The molecule has 0 radical (unpaired) electrons. The number of aromatic nitrogens is 1. The number of rotatable bonds is 11. The first-order chi connectivity index (χ1) is 22.5. The van der Waals surface area contributed by atoms with Crippen LogP contribution in [0.25, 0.3) is 22.4 Å². The van der Waals surface area contributed by atoms with Gasteiger partial charge in [-0.25, -0.2) is 9.78 Å². The van der Waals surface area contributed by atoms with Crippen LogP contribution in [0.2, 0.25) is 5.02 Å². The molecule has 11 nitrogen and oxygen atoms in total. The van der Waals surface area contributed by atoms with Crippen LogP contribution in [0, 0.1) is 11.3 Å². The molecule has 0 spiro atoms. The average Bonchev–Trinajstić information content (AvgIpc) is 3.03. The normalized spacial score (nSPS) is 10.8. The molecule has 4 aromatic rings. The maximum atomic E-state index is 13.2. The summed E-state index contributed by atoms with van der Waals surface area (Å²) in [5, 5.41) is 18.9. The Morgan fingerprint density at radius 3 is 2.40 bits per heavy atom. The van der Waals surface area contributed by atoms with E-state index in [1.54, 1.807) is 99.6 Å². The summed E-state index contributed by atoms with van der Waals surface area (Å²) in [6, 6.07) is 24.3. The fourth-order valence-electron chi connectivity index (χ4n) is 4.41. The zero-order valence-electron chi connectivity index (χ0n) is 26.3. The van der Waals surface area contributed by atoms with E-state index in [-0.39, 0.29) is 37.0 Å². The highest BCUT2D eigenvalue weighted by atomic mass is 35.5. The van der Waals surface area contributed by atoms with Crippen molar-refractivity contribution in [2.24, 2.45) is 0 Å². The van der Waals surface area contributed by atoms with Crippen molar-refractivity contribution in [3.8, 4) is 34.2 Å². The lowest BCUT2D eigenvalue weighted by atomic mass is 9.97. The van der Waals surface area contributed by atoms with Crippen LogP contribution in [0.3, 0.4) is 0 Å². The van der Waals surface area contributed by atoms with E-state index in [0.717, 1.165) is 0 Å². The van der Waals surface area contributed by atoms with E-state index in [2.05, 4.69) is 27.0 Å². The minimum absolute atomic E-state index is 0.00278. The fraction of sp³-hybridized carbons (Fsp3) is 0.229. The number of nitrogens with zero attached hydrogens (tertiary/aromatic N) is 2. The molecular formula is C35H34ClN5O6. The molecule has 1 aromatic heterocycles. The Labute approximate surface area is 277 Å². The Bertz CT molecular complexity index is 1800. The van der Waals surface area contributed by atoms with Crippen LogP contribution in [0.4, 0.5) is 16.3 Å². The van der Waals surface area contributed by atoms with E-state index in [0.29, 0.717) is 44.4 Å². The Kier molecular flexibility index (Phi) is 11.5. The number of anilines is 2. The number of hydrogen-bond donors (Lipinski definition) is 3. The molecule has 47 heavy (non-hydrogen) atoms. The van der Waals surface area contributed by atoms with Gasteiger partial charge in [-0.3, -0.25) is 9.59 Å². The standard InChI is InChI=1S/C35H34ClN5O6/c1-35(2,3)47-34(44)38-16-15-31(42)39-25-12-8-11-23(17-25)27-19-29(26-14-13-24(36)18-30(26)46-21-45-4)40-32(28(27)20-37)41-33(43)22-9-6-5-7-10-22/h5-14,17-19H,15-16,21H2,1-4H3,(H,38,44)(H,39,42)(H,40,41,43). The minimum atomic E-state index is -0.655. The van der Waals surface area contributed by atoms with Crippen molar-refractivity contribution in [1.29, 1.82) is 5.26 Å². The molecule has 3 amide bonds. The van der Waals surface area contributed by atoms with Gasteiger partial charge in [-0.2, -0.15) is 5.26 Å². The molecule has 0 aliphatic carbocycles. The molecule has 3 N–H and O–H groups in total. The van der Waals surface area contributed by atoms with Crippen molar-refractivity contribution in [1.82, 2.24) is 10.3 Å². The number of carbonyl (C=O) groups is 3. The van der Waals surface area contributed by atoms with Crippen molar-refractivity contribution in [3.05, 3.63) is 95.0 Å². The maximum absolute atomic E-state index is 13.2. The van der Waals surface area contributed by atoms with Crippen LogP contribution in [0.5, 0.6) is 5.75 Å². The molecule has 0 fully saturated rings. The Morgan fingerprint density at radius 1 is 0.936 bits per heavy atom. The molecule has 0 unspecified atom stereocenters. The topological polar surface area (TPSA) is 152 Å². The molecule has 4 rings (SSSR count). The molecule has 0 saturated carbocycles. The van der Waals surface area contributed by atoms with Crippen molar-refractivity contribution in [2.75, 3.05) is 31.1 Å². The number of methoxy groups -OCH3 is 1. The fourth-order valence-corrected chi connectivity index (χ4v) is 4.58. The Balaban J connectivity index is 1.70. The second kappa shape index (κ2) is 15.7. The van der Waals surface area contributed by atoms with Crippen LogP contribution in [-0.2, 0) is 14.3 Å². The molecule has 1 heterocycles. The molecular weight excluding hydrogens is 622 g/mol. The quantitative estimate of drug-likeness (QED) is 0.146. The average molecular weight is 656 g/mol. The van der Waals surface area contributed by atoms with Crippen LogP contribution >= 0.6 is 11.6 Å². The SMILES string of the molecule is COCOc1cc(Cl)ccc1-c1cc(-c2cccc(NC(=O)CCNC(=O)OC(C)(C)C)c2)c(C#N)c(NC(=O)c2ccccc2)n1. The number of nitrogens with one attached hydrogen (secondary N) is 3. The summed E-state index contributed by atoms with van der Waals surface area (Å²) >= 11 is 6.25. The molecule has 3 aromatic carbocycles. The van der Waals surface area contributed by atoms with E-state index in [9.17, 15) is 19.6 Å². The summed E-state index contributed by atoms with van der Waals surface area (Å²) < 4.78 is 16.0. The van der Waals surface area contributed by atoms with Crippen LogP contribution in [0.15, 0.2) is 78.9 Å². The minimum Gasteiger partial charge on any atom is -0.467 e. The maximum Gasteiger partial charge on any atom is 0.407 e. The smallest absolute Gasteiger partial charge is 0.407 e. The number of ether oxygens (including phenoxy) is 3. The number of benzene rings is 3. The third-order valence-electron chi connectivity index (χ3n) is 6.43. The largest absolute Gasteiger partial charge is 0.467 e. The second-order valence-corrected chi connectivity index (χ2v) is 11.6. The summed E-state index contributed by atoms with van der Waals surface area (Å²) in [6.45, 7) is 5.27. The molecule has 242 valence electrons. The Hall–Kier alpha value is -5.44. The second-order valence-electron chi connectivity index (χ2n) is 11.2. The van der Waals surface area contributed by atoms with E-state index in [4.69, 9.17) is 25.8 Å². The first kappa shape index (κ1) is 34.4. The molecule has 12 heteroatoms. The number of hydrogen-bond acceptors (Lipinski definition) is 8. The first-order valence-corrected chi connectivity index (χ1v) is 15.0. The first-order valence-electron chi connectivity index (χ1n) is 14.6. The van der Waals surface area contributed by atoms with Crippen LogP contribution in [-0.4, -0.2) is 48.9 Å². The van der Waals surface area contributed by atoms with Gasteiger partial charge in [0.2, 0.25) is 5.91 Å². The van der Waals surface area contributed by atoms with Gasteiger partial charge in [0.1, 0.15) is 23.0 Å². The number of carbonyl (C=O) groups excluding carboxylic acids is 3. The van der Waals surface area contributed by atoms with Crippen molar-refractivity contribution < 1.29 is 28.6 Å². The van der Waals surface area contributed by atoms with E-state index < -0.39 is 17.6 Å². The van der Waals surface area contributed by atoms with E-state index >= 15 is 0 Å². The van der Waals surface area contributed by atoms with Crippen LogP contribution < -0.4 is 20.7 Å². The summed E-state index contributed by atoms with van der Waals surface area (Å²) in [4.78, 5) is 42.5. The number of nitriles is 1. The van der Waals surface area contributed by atoms with Gasteiger partial charge in [0.25, 0.3) is 5.91 Å². The lowest BCUT2D eigenvalue weighted by Gasteiger charge is -2.19. The lowest BCUT2D eigenvalue weighted by Crippen LogP contribution is -2.34. The van der Waals surface area contributed by atoms with Crippen molar-refractivity contribution in [3.63, 3.8) is 0 Å². The summed E-state index contributed by atoms with van der Waals surface area (Å²) in [5.74, 6) is -0.385. The third kappa shape index (κ3) is 9.77. The zero-order valence-corrected chi connectivity index (χ0v) is 27.1. The molecule has 0 aliphatic heterocycles. The van der Waals surface area contributed by atoms with Gasteiger partial charge in [0, 0.05) is 47.5 Å². The van der Waals surface area contributed by atoms with Gasteiger partial charge in [0.15, 0.2) is 12.6 Å². The third-order valence-corrected chi connectivity index (χ3v) is 6.66. The highest BCUT2D eigenvalue weighted by Gasteiger charge is 2.21. The monoisotopic (exact) mass is 655 g/mol. The zero-order chi connectivity index (χ0) is 34.0. The van der Waals surface area contributed by atoms with Crippen molar-refractivity contribution >= 4 is 41.0 Å². The number of alkyl carbamates (subject to hydrolysis) is 1. The predicted molar refractivity (Wildman–Crippen MR) is 179 cm³/mol. The summed E-state index contributed by atoms with van der Waals surface area (Å²) in [6.07, 6.45) is -0.612. The summed E-state index contributed by atoms with van der Waals surface area (Å²) in [7, 11) is 1.49. The van der Waals surface area contributed by atoms with Gasteiger partial charge in [-0.15, -0.1) is 0 Å². The van der Waals surface area contributed by atoms with E-state index in [1.807, 2.05) is 0 Å². The summed E-state index contributed by atoms with van der Waals surface area (Å²) in [5.41, 5.74) is 2.22. The highest BCUT2D eigenvalue weighted by molar-refractivity contribution is 6.30. The van der Waals surface area contributed by atoms with E-state index in [1.165, 1.54) is 7.11 Å². The van der Waals surface area contributed by atoms with Gasteiger partial charge >= 0.3 is 6.09 Å². The number of pyridine rings is 1. The Morgan fingerprint density at radius 2 is 1.70 bits per heavy atom. The molecule has 0 saturated heterocycles. The highest BCUT2D eigenvalue weighted by Crippen LogP contribution is 2.38. The van der Waals surface area contributed by atoms with Gasteiger partial charge in [-0.05, 0) is 74.9 Å². The molecule has 0 bridgehead atoms. The van der Waals surface area contributed by atoms with Crippen molar-refractivity contribution in [2.45, 2.75) is 32.8 Å². The molecule has 0 atom stereocenters. The predicted octanol–water partition coefficient (Wildman–Crippen LogP) is 7.03. The lowest BCUT2D eigenvalue weighted by molar-refractivity contribution is -0.116. The van der Waals surface area contributed by atoms with Gasteiger partial charge < -0.3 is 30.2 Å². The van der Waals surface area contributed by atoms with Gasteiger partial charge in [-0.1, -0.05) is 41.9 Å². The number of halogens is 1. The molecule has 0 aliphatic rings. The number of amides is 3. The van der Waals surface area contributed by atoms with Crippen LogP contribution in [0.1, 0.15) is 43.1 Å².